The number of carbonyl (C=O) groups excluding carboxylic acids is 2. The Morgan fingerprint density at radius 3 is 2.43 bits per heavy atom. The molecule has 0 unspecified atom stereocenters. The van der Waals surface area contributed by atoms with Crippen molar-refractivity contribution in [1.29, 1.82) is 0 Å². The molecular weight excluding hydrogens is 644 g/mol. The van der Waals surface area contributed by atoms with Crippen molar-refractivity contribution in [2.45, 2.75) is 70.0 Å². The Morgan fingerprint density at radius 1 is 1.00 bits per heavy atom. The first-order valence-electron chi connectivity index (χ1n) is 17.0. The molecule has 1 saturated heterocycles. The second kappa shape index (κ2) is 14.4. The lowest BCUT2D eigenvalue weighted by molar-refractivity contribution is -0.139. The van der Waals surface area contributed by atoms with Gasteiger partial charge in [-0.1, -0.05) is 38.1 Å². The smallest absolute Gasteiger partial charge is 0.264 e. The second-order valence-corrected chi connectivity index (χ2v) is 15.4. The fraction of sp³-hybridized carbons (Fsp3) is 0.500. The van der Waals surface area contributed by atoms with Gasteiger partial charge < -0.3 is 19.3 Å². The number of amides is 2. The molecule has 1 aliphatic carbocycles. The number of anilines is 1. The monoisotopic (exact) mass is 690 g/mol. The number of aryl methyl sites for hydroxylation is 2. The third-order valence-corrected chi connectivity index (χ3v) is 11.1. The molecule has 13 heteroatoms. The Hall–Kier alpha value is -4.07. The number of sulfonamides is 1. The van der Waals surface area contributed by atoms with Crippen LogP contribution in [0.15, 0.2) is 53.4 Å². The van der Waals surface area contributed by atoms with Crippen LogP contribution in [0.3, 0.4) is 0 Å². The van der Waals surface area contributed by atoms with Crippen molar-refractivity contribution >= 4 is 27.8 Å². The molecule has 0 spiro atoms. The van der Waals surface area contributed by atoms with E-state index in [1.54, 1.807) is 25.3 Å². The normalized spacial score (nSPS) is 22.8. The summed E-state index contributed by atoms with van der Waals surface area (Å²) in [6.45, 7) is 11.2. The number of hydrogen-bond acceptors (Lipinski definition) is 9. The van der Waals surface area contributed by atoms with Crippen LogP contribution in [0, 0.1) is 19.8 Å². The standard InChI is InChI=1S/C36H46N6O6S/c1-23(2)16-29-22-48-32-20-31(34-24(3)8-6-9-25(34)4)37-36(38-32)39-49(45,46)30-11-7-10-26(17-30)35(44)42(29)28-18-27(19-28)41-13-12-40(14-15-47-5)33(43)21-41/h6-11,17,20,23,27-29H,12-16,18-19,21-22H2,1-5H3,(H,37,38,39)/t27-,28+,29-/m1/s1. The number of piperazine rings is 1. The lowest BCUT2D eigenvalue weighted by Crippen LogP contribution is -2.62. The Kier molecular flexibility index (Phi) is 10.2. The Bertz CT molecular complexity index is 1790. The number of benzene rings is 2. The predicted octanol–water partition coefficient (Wildman–Crippen LogP) is 4.13. The third kappa shape index (κ3) is 7.58. The molecule has 3 aliphatic rings. The van der Waals surface area contributed by atoms with Gasteiger partial charge in [0.15, 0.2) is 0 Å². The van der Waals surface area contributed by atoms with Crippen molar-refractivity contribution in [3.05, 3.63) is 65.2 Å². The first kappa shape index (κ1) is 34.8. The van der Waals surface area contributed by atoms with E-state index in [1.165, 1.54) is 12.1 Å². The van der Waals surface area contributed by atoms with E-state index in [-0.39, 0.29) is 64.8 Å². The number of nitrogens with one attached hydrogen (secondary N) is 1. The minimum atomic E-state index is -4.15. The van der Waals surface area contributed by atoms with E-state index in [9.17, 15) is 18.0 Å². The highest BCUT2D eigenvalue weighted by Crippen LogP contribution is 2.36. The van der Waals surface area contributed by atoms with Crippen molar-refractivity contribution in [2.24, 2.45) is 5.92 Å². The number of rotatable bonds is 8. The van der Waals surface area contributed by atoms with Gasteiger partial charge in [-0.05, 0) is 68.4 Å². The zero-order valence-corrected chi connectivity index (χ0v) is 29.7. The van der Waals surface area contributed by atoms with Gasteiger partial charge in [0.2, 0.25) is 17.7 Å². The summed E-state index contributed by atoms with van der Waals surface area (Å²) in [5, 5.41) is 0. The number of nitrogens with zero attached hydrogens (tertiary/aromatic N) is 5. The van der Waals surface area contributed by atoms with Crippen molar-refractivity contribution in [3.63, 3.8) is 0 Å². The highest BCUT2D eigenvalue weighted by molar-refractivity contribution is 7.92. The molecule has 1 saturated carbocycles. The quantitative estimate of drug-likeness (QED) is 0.370. The lowest BCUT2D eigenvalue weighted by Gasteiger charge is -2.51. The first-order chi connectivity index (χ1) is 23.4. The number of hydrogen-bond donors (Lipinski definition) is 1. The largest absolute Gasteiger partial charge is 0.475 e. The average molecular weight is 691 g/mol. The lowest BCUT2D eigenvalue weighted by atomic mass is 9.82. The van der Waals surface area contributed by atoms with Gasteiger partial charge in [0.1, 0.15) is 6.61 Å². The van der Waals surface area contributed by atoms with Gasteiger partial charge in [-0.2, -0.15) is 4.98 Å². The minimum Gasteiger partial charge on any atom is -0.475 e. The van der Waals surface area contributed by atoms with Gasteiger partial charge >= 0.3 is 0 Å². The molecule has 6 rings (SSSR count). The Labute approximate surface area is 288 Å². The number of carbonyl (C=O) groups is 2. The van der Waals surface area contributed by atoms with E-state index in [2.05, 4.69) is 33.4 Å². The summed E-state index contributed by atoms with van der Waals surface area (Å²) in [6.07, 6.45) is 2.08. The van der Waals surface area contributed by atoms with E-state index >= 15 is 0 Å². The van der Waals surface area contributed by atoms with E-state index in [0.29, 0.717) is 51.2 Å². The van der Waals surface area contributed by atoms with Crippen molar-refractivity contribution in [1.82, 2.24) is 24.7 Å². The fourth-order valence-electron chi connectivity index (χ4n) is 7.19. The molecule has 0 radical (unpaired) electrons. The Morgan fingerprint density at radius 2 is 1.73 bits per heavy atom. The maximum atomic E-state index is 14.5. The molecule has 49 heavy (non-hydrogen) atoms. The van der Waals surface area contributed by atoms with Gasteiger partial charge in [0.05, 0.1) is 29.8 Å². The first-order valence-corrected chi connectivity index (χ1v) is 18.5. The summed E-state index contributed by atoms with van der Waals surface area (Å²) in [6, 6.07) is 13.5. The highest BCUT2D eigenvalue weighted by Gasteiger charge is 2.44. The molecule has 2 aromatic carbocycles. The van der Waals surface area contributed by atoms with Gasteiger partial charge in [-0.3, -0.25) is 14.5 Å². The molecule has 2 aliphatic heterocycles. The molecule has 3 aromatic rings. The van der Waals surface area contributed by atoms with Crippen LogP contribution in [0.4, 0.5) is 5.95 Å². The van der Waals surface area contributed by atoms with Crippen LogP contribution in [-0.2, 0) is 19.6 Å². The maximum Gasteiger partial charge on any atom is 0.264 e. The molecule has 3 heterocycles. The molecule has 1 aromatic heterocycles. The summed E-state index contributed by atoms with van der Waals surface area (Å²) in [4.78, 5) is 42.3. The van der Waals surface area contributed by atoms with Crippen LogP contribution >= 0.6 is 0 Å². The molecule has 2 fully saturated rings. The van der Waals surface area contributed by atoms with E-state index in [1.807, 2.05) is 41.8 Å². The van der Waals surface area contributed by atoms with Gasteiger partial charge in [0, 0.05) is 56.0 Å². The van der Waals surface area contributed by atoms with Crippen molar-refractivity contribution in [3.8, 4) is 17.1 Å². The molecule has 12 nitrogen and oxygen atoms in total. The summed E-state index contributed by atoms with van der Waals surface area (Å²) >= 11 is 0. The third-order valence-electron chi connectivity index (χ3n) is 9.76. The van der Waals surface area contributed by atoms with Crippen LogP contribution < -0.4 is 9.46 Å². The SMILES string of the molecule is COCCN1CCN([C@H]2C[C@@H](N3C(=O)c4cccc(c4)S(=O)(=O)Nc4nc(cc(-c5c(C)cccc5C)n4)OC[C@H]3CC(C)C)C2)CC1=O. The predicted molar refractivity (Wildman–Crippen MR) is 186 cm³/mol. The summed E-state index contributed by atoms with van der Waals surface area (Å²) in [5.41, 5.74) is 3.65. The van der Waals surface area contributed by atoms with Gasteiger partial charge in [-0.25, -0.2) is 18.1 Å². The summed E-state index contributed by atoms with van der Waals surface area (Å²) in [7, 11) is -2.52. The molecule has 2 amide bonds. The van der Waals surface area contributed by atoms with E-state index < -0.39 is 10.0 Å². The summed E-state index contributed by atoms with van der Waals surface area (Å²) in [5.74, 6) is 0.194. The molecular formula is C36H46N6O6S. The molecule has 1 atom stereocenters. The number of aromatic nitrogens is 2. The zero-order chi connectivity index (χ0) is 34.9. The van der Waals surface area contributed by atoms with Crippen LogP contribution in [0.25, 0.3) is 11.3 Å². The maximum absolute atomic E-state index is 14.5. The van der Waals surface area contributed by atoms with Crippen LogP contribution in [0.2, 0.25) is 0 Å². The number of fused-ring (bicyclic) bond motifs is 4. The fourth-order valence-corrected chi connectivity index (χ4v) is 8.18. The van der Waals surface area contributed by atoms with Gasteiger partial charge in [-0.15, -0.1) is 0 Å². The topological polar surface area (TPSA) is 134 Å². The molecule has 4 bridgehead atoms. The van der Waals surface area contributed by atoms with Crippen molar-refractivity contribution in [2.75, 3.05) is 51.2 Å². The molecule has 262 valence electrons. The zero-order valence-electron chi connectivity index (χ0n) is 28.9. The van der Waals surface area contributed by atoms with E-state index in [4.69, 9.17) is 9.47 Å². The average Bonchev–Trinajstić information content (AvgIpc) is 3.03. The second-order valence-electron chi connectivity index (χ2n) is 13.7. The number of ether oxygens (including phenoxy) is 2. The van der Waals surface area contributed by atoms with E-state index in [0.717, 1.165) is 23.2 Å². The highest BCUT2D eigenvalue weighted by atomic mass is 32.2. The van der Waals surface area contributed by atoms with Crippen molar-refractivity contribution < 1.29 is 27.5 Å². The minimum absolute atomic E-state index is 0.0576. The van der Waals surface area contributed by atoms with Crippen LogP contribution in [0.5, 0.6) is 5.88 Å². The molecule has 1 N–H and O–H groups in total. The number of methoxy groups -OCH3 is 1. The van der Waals surface area contributed by atoms with Gasteiger partial charge in [0.25, 0.3) is 15.9 Å². The Balaban J connectivity index is 1.34. The summed E-state index contributed by atoms with van der Waals surface area (Å²) < 4.78 is 41.4. The van der Waals surface area contributed by atoms with Crippen LogP contribution in [-0.4, -0.2) is 110 Å². The van der Waals surface area contributed by atoms with Crippen LogP contribution in [0.1, 0.15) is 54.6 Å².